The zero-order valence-corrected chi connectivity index (χ0v) is 15.0. The Morgan fingerprint density at radius 2 is 1.92 bits per heavy atom. The molecule has 3 aromatic rings. The van der Waals surface area contributed by atoms with Gasteiger partial charge in [-0.3, -0.25) is 4.79 Å². The van der Waals surface area contributed by atoms with Crippen LogP contribution >= 0.6 is 11.3 Å². The van der Waals surface area contributed by atoms with Gasteiger partial charge in [0.25, 0.3) is 0 Å². The van der Waals surface area contributed by atoms with Crippen LogP contribution in [0.1, 0.15) is 25.0 Å². The molecule has 0 atom stereocenters. The second-order valence-electron chi connectivity index (χ2n) is 6.22. The lowest BCUT2D eigenvalue weighted by Crippen LogP contribution is -2.35. The summed E-state index contributed by atoms with van der Waals surface area (Å²) in [5.41, 5.74) is 2.16. The van der Waals surface area contributed by atoms with Gasteiger partial charge in [0.2, 0.25) is 5.91 Å². The number of aryl methyl sites for hydroxylation is 1. The largest absolute Gasteiger partial charge is 0.496 e. The molecule has 5 heteroatoms. The smallest absolute Gasteiger partial charge is 0.236 e. The molecule has 1 aromatic heterocycles. The Bertz CT molecular complexity index is 899. The van der Waals surface area contributed by atoms with Crippen molar-refractivity contribution in [1.29, 1.82) is 0 Å². The molecule has 0 spiro atoms. The highest BCUT2D eigenvalue weighted by Gasteiger charge is 2.33. The van der Waals surface area contributed by atoms with Crippen molar-refractivity contribution in [1.82, 2.24) is 4.98 Å². The molecule has 0 unspecified atom stereocenters. The summed E-state index contributed by atoms with van der Waals surface area (Å²) >= 11 is 1.49. The summed E-state index contributed by atoms with van der Waals surface area (Å²) in [7, 11) is 1.61. The number of benzene rings is 2. The summed E-state index contributed by atoms with van der Waals surface area (Å²) in [6.07, 6.45) is 0. The monoisotopic (exact) mass is 340 g/mol. The van der Waals surface area contributed by atoms with E-state index in [2.05, 4.69) is 10.3 Å². The standard InChI is InChI=1S/C19H20N2O2S/c1-12-8-7-11-15-16(12)20-18(24-15)21-17(22)19(2,3)13-9-5-6-10-14(13)23-4/h5-11H,1-4H3,(H,20,21,22). The molecule has 24 heavy (non-hydrogen) atoms. The Hall–Kier alpha value is -2.40. The van der Waals surface area contributed by atoms with Crippen molar-refractivity contribution in [2.24, 2.45) is 0 Å². The molecule has 0 aliphatic heterocycles. The number of aromatic nitrogens is 1. The van der Waals surface area contributed by atoms with E-state index in [1.807, 2.05) is 63.2 Å². The fourth-order valence-electron chi connectivity index (χ4n) is 2.68. The molecule has 2 aromatic carbocycles. The number of carbonyl (C=O) groups excluding carboxylic acids is 1. The number of hydrogen-bond acceptors (Lipinski definition) is 4. The van der Waals surface area contributed by atoms with E-state index in [9.17, 15) is 4.79 Å². The number of methoxy groups -OCH3 is 1. The Morgan fingerprint density at radius 1 is 1.17 bits per heavy atom. The van der Waals surface area contributed by atoms with Crippen LogP contribution in [0.4, 0.5) is 5.13 Å². The van der Waals surface area contributed by atoms with E-state index in [1.165, 1.54) is 11.3 Å². The predicted molar refractivity (Wildman–Crippen MR) is 99.0 cm³/mol. The summed E-state index contributed by atoms with van der Waals surface area (Å²) in [5.74, 6) is 0.599. The zero-order chi connectivity index (χ0) is 17.3. The summed E-state index contributed by atoms with van der Waals surface area (Å²) in [4.78, 5) is 17.4. The topological polar surface area (TPSA) is 51.2 Å². The molecule has 4 nitrogen and oxygen atoms in total. The Kier molecular flexibility index (Phi) is 4.28. The van der Waals surface area contributed by atoms with Crippen molar-refractivity contribution in [2.75, 3.05) is 12.4 Å². The number of anilines is 1. The van der Waals surface area contributed by atoms with Gasteiger partial charge < -0.3 is 10.1 Å². The minimum Gasteiger partial charge on any atom is -0.496 e. The summed E-state index contributed by atoms with van der Waals surface area (Å²) in [5, 5.41) is 3.58. The molecule has 0 saturated heterocycles. The summed E-state index contributed by atoms with van der Waals surface area (Å²) < 4.78 is 6.47. The number of para-hydroxylation sites is 2. The minimum atomic E-state index is -0.737. The second kappa shape index (κ2) is 6.24. The van der Waals surface area contributed by atoms with Gasteiger partial charge in [-0.05, 0) is 38.5 Å². The fourth-order valence-corrected chi connectivity index (χ4v) is 3.62. The van der Waals surface area contributed by atoms with E-state index in [0.29, 0.717) is 10.9 Å². The Labute approximate surface area is 145 Å². The van der Waals surface area contributed by atoms with Crippen LogP contribution in [0.15, 0.2) is 42.5 Å². The maximum Gasteiger partial charge on any atom is 0.236 e. The molecule has 0 fully saturated rings. The van der Waals surface area contributed by atoms with Gasteiger partial charge in [-0.15, -0.1) is 0 Å². The minimum absolute atomic E-state index is 0.108. The second-order valence-corrected chi connectivity index (χ2v) is 7.25. The molecule has 1 heterocycles. The molecular weight excluding hydrogens is 320 g/mol. The van der Waals surface area contributed by atoms with Gasteiger partial charge in [0, 0.05) is 5.56 Å². The Balaban J connectivity index is 1.91. The molecule has 124 valence electrons. The third-order valence-electron chi connectivity index (χ3n) is 4.19. The lowest BCUT2D eigenvalue weighted by molar-refractivity contribution is -0.120. The molecule has 0 bridgehead atoms. The number of nitrogens with zero attached hydrogens (tertiary/aromatic N) is 1. The van der Waals surface area contributed by atoms with E-state index < -0.39 is 5.41 Å². The molecule has 3 rings (SSSR count). The first-order valence-corrected chi connectivity index (χ1v) is 8.56. The third kappa shape index (κ3) is 2.87. The highest BCUT2D eigenvalue weighted by molar-refractivity contribution is 7.22. The highest BCUT2D eigenvalue weighted by Crippen LogP contribution is 2.34. The van der Waals surface area contributed by atoms with Crippen molar-refractivity contribution in [3.05, 3.63) is 53.6 Å². The van der Waals surface area contributed by atoms with Gasteiger partial charge in [0.1, 0.15) is 5.75 Å². The van der Waals surface area contributed by atoms with Gasteiger partial charge in [0.05, 0.1) is 22.7 Å². The maximum atomic E-state index is 12.9. The Morgan fingerprint density at radius 3 is 2.62 bits per heavy atom. The van der Waals surface area contributed by atoms with Crippen molar-refractivity contribution < 1.29 is 9.53 Å². The molecular formula is C19H20N2O2S. The van der Waals surface area contributed by atoms with E-state index in [0.717, 1.165) is 21.3 Å². The average molecular weight is 340 g/mol. The fraction of sp³-hybridized carbons (Fsp3) is 0.263. The quantitative estimate of drug-likeness (QED) is 0.759. The molecule has 0 aliphatic rings. The first kappa shape index (κ1) is 16.5. The van der Waals surface area contributed by atoms with Gasteiger partial charge in [-0.25, -0.2) is 4.98 Å². The lowest BCUT2D eigenvalue weighted by Gasteiger charge is -2.25. The van der Waals surface area contributed by atoms with Gasteiger partial charge in [-0.1, -0.05) is 41.7 Å². The van der Waals surface area contributed by atoms with Crippen molar-refractivity contribution in [3.8, 4) is 5.75 Å². The maximum absolute atomic E-state index is 12.9. The lowest BCUT2D eigenvalue weighted by atomic mass is 9.83. The van der Waals surface area contributed by atoms with E-state index in [-0.39, 0.29) is 5.91 Å². The van der Waals surface area contributed by atoms with E-state index >= 15 is 0 Å². The van der Waals surface area contributed by atoms with Crippen LogP contribution in [0.5, 0.6) is 5.75 Å². The molecule has 1 N–H and O–H groups in total. The first-order valence-electron chi connectivity index (χ1n) is 7.74. The van der Waals surface area contributed by atoms with Crippen molar-refractivity contribution >= 4 is 32.6 Å². The number of carbonyl (C=O) groups is 1. The van der Waals surface area contributed by atoms with E-state index in [4.69, 9.17) is 4.74 Å². The zero-order valence-electron chi connectivity index (χ0n) is 14.2. The number of ether oxygens (including phenoxy) is 1. The first-order chi connectivity index (χ1) is 11.4. The third-order valence-corrected chi connectivity index (χ3v) is 5.13. The number of hydrogen-bond donors (Lipinski definition) is 1. The summed E-state index contributed by atoms with van der Waals surface area (Å²) in [6, 6.07) is 13.6. The molecule has 1 amide bonds. The predicted octanol–water partition coefficient (Wildman–Crippen LogP) is 4.53. The van der Waals surface area contributed by atoms with Crippen LogP contribution in [0, 0.1) is 6.92 Å². The number of fused-ring (bicyclic) bond motifs is 1. The van der Waals surface area contributed by atoms with Crippen molar-refractivity contribution in [3.63, 3.8) is 0 Å². The van der Waals surface area contributed by atoms with Crippen LogP contribution < -0.4 is 10.1 Å². The van der Waals surface area contributed by atoms with E-state index in [1.54, 1.807) is 7.11 Å². The SMILES string of the molecule is COc1ccccc1C(C)(C)C(=O)Nc1nc2c(C)cccc2s1. The van der Waals surface area contributed by atoms with Crippen LogP contribution in [0.2, 0.25) is 0 Å². The van der Waals surface area contributed by atoms with Crippen LogP contribution in [-0.2, 0) is 10.2 Å². The average Bonchev–Trinajstić information content (AvgIpc) is 2.98. The van der Waals surface area contributed by atoms with Crippen LogP contribution in [0.25, 0.3) is 10.2 Å². The molecule has 0 saturated carbocycles. The summed E-state index contributed by atoms with van der Waals surface area (Å²) in [6.45, 7) is 5.80. The number of thiazole rings is 1. The highest BCUT2D eigenvalue weighted by atomic mass is 32.1. The van der Waals surface area contributed by atoms with Gasteiger partial charge in [0.15, 0.2) is 5.13 Å². The van der Waals surface area contributed by atoms with Crippen LogP contribution in [-0.4, -0.2) is 18.0 Å². The molecule has 0 radical (unpaired) electrons. The van der Waals surface area contributed by atoms with Crippen molar-refractivity contribution in [2.45, 2.75) is 26.2 Å². The normalized spacial score (nSPS) is 11.5. The van der Waals surface area contributed by atoms with Gasteiger partial charge in [-0.2, -0.15) is 0 Å². The number of nitrogens with one attached hydrogen (secondary N) is 1. The number of amides is 1. The molecule has 0 aliphatic carbocycles. The number of rotatable bonds is 4. The van der Waals surface area contributed by atoms with Crippen LogP contribution in [0.3, 0.4) is 0 Å². The van der Waals surface area contributed by atoms with Gasteiger partial charge >= 0.3 is 0 Å².